The molecule has 1 heterocycles. The number of fused-ring (bicyclic) bond motifs is 1. The lowest BCUT2D eigenvalue weighted by molar-refractivity contribution is -0.0864. The Morgan fingerprint density at radius 2 is 1.62 bits per heavy atom. The molecular formula is C16H9F3NS+. The fraction of sp³-hybridized carbons (Fsp3) is 0.0625. The number of benzene rings is 2. The molecule has 0 saturated carbocycles. The molecule has 1 unspecified atom stereocenters. The smallest absolute Gasteiger partial charge is 0.192 e. The number of thiophene rings is 1. The van der Waals surface area contributed by atoms with E-state index in [-0.39, 0.29) is 4.88 Å². The second kappa shape index (κ2) is 4.90. The van der Waals surface area contributed by atoms with Crippen LogP contribution in [0.25, 0.3) is 20.5 Å². The monoisotopic (exact) mass is 304 g/mol. The molecule has 0 aliphatic rings. The lowest BCUT2D eigenvalue weighted by atomic mass is 10.1. The largest absolute Gasteiger partial charge is 0.601 e. The summed E-state index contributed by atoms with van der Waals surface area (Å²) in [6.45, 7) is 0. The number of rotatable bonds is 1. The Kier molecular flexibility index (Phi) is 3.19. The van der Waals surface area contributed by atoms with Crippen LogP contribution < -0.4 is 0 Å². The molecule has 0 bridgehead atoms. The molecule has 0 N–H and O–H groups in total. The van der Waals surface area contributed by atoms with Crippen LogP contribution in [0.15, 0.2) is 54.6 Å². The van der Waals surface area contributed by atoms with Crippen LogP contribution >= 0.6 is 10.5 Å². The number of hydrogen-bond acceptors (Lipinski definition) is 1. The summed E-state index contributed by atoms with van der Waals surface area (Å²) in [6.07, 6.45) is 0. The number of hydrogen-bond donors (Lipinski definition) is 0. The van der Waals surface area contributed by atoms with E-state index in [0.29, 0.717) is 21.2 Å². The van der Waals surface area contributed by atoms with Gasteiger partial charge in [0, 0.05) is 17.0 Å². The summed E-state index contributed by atoms with van der Waals surface area (Å²) in [5.74, 6) is 0. The lowest BCUT2D eigenvalue weighted by Gasteiger charge is -2.00. The van der Waals surface area contributed by atoms with Gasteiger partial charge in [-0.15, -0.1) is 13.2 Å². The van der Waals surface area contributed by atoms with Gasteiger partial charge in [-0.05, 0) is 36.4 Å². The molecule has 5 heteroatoms. The maximum atomic E-state index is 13.4. The van der Waals surface area contributed by atoms with Crippen molar-refractivity contribution in [3.05, 3.63) is 60.2 Å². The van der Waals surface area contributed by atoms with E-state index in [2.05, 4.69) is 0 Å². The minimum Gasteiger partial charge on any atom is -0.192 e. The SMILES string of the molecule is N#Cc1ccc(-c2cc3ccccc3[s+]2C(F)(F)F)cc1. The molecule has 3 rings (SSSR count). The minimum atomic E-state index is -4.31. The standard InChI is InChI=1S/C16H9F3NS/c17-16(18,19)21-14-4-2-1-3-13(14)9-15(21)12-7-5-11(10-20)6-8-12/h1-9H/q+1. The first kappa shape index (κ1) is 13.7. The van der Waals surface area contributed by atoms with E-state index in [4.69, 9.17) is 5.26 Å². The summed E-state index contributed by atoms with van der Waals surface area (Å²) >= 11 is 0. The molecular weight excluding hydrogens is 295 g/mol. The summed E-state index contributed by atoms with van der Waals surface area (Å²) in [6, 6.07) is 16.4. The van der Waals surface area contributed by atoms with Gasteiger partial charge < -0.3 is 0 Å². The number of nitrogens with zero attached hydrogens (tertiary/aromatic N) is 1. The molecule has 0 radical (unpaired) electrons. The van der Waals surface area contributed by atoms with Gasteiger partial charge in [0.25, 0.3) is 0 Å². The highest BCUT2D eigenvalue weighted by Gasteiger charge is 2.48. The number of nitriles is 1. The molecule has 1 nitrogen and oxygen atoms in total. The van der Waals surface area contributed by atoms with Crippen LogP contribution in [-0.2, 0) is 5.51 Å². The molecule has 0 aliphatic carbocycles. The van der Waals surface area contributed by atoms with Crippen LogP contribution in [-0.4, -0.2) is 0 Å². The lowest BCUT2D eigenvalue weighted by Crippen LogP contribution is -1.96. The number of alkyl halides is 3. The Labute approximate surface area is 121 Å². The highest BCUT2D eigenvalue weighted by Crippen LogP contribution is 2.54. The van der Waals surface area contributed by atoms with Gasteiger partial charge in [-0.1, -0.05) is 12.1 Å². The van der Waals surface area contributed by atoms with Crippen LogP contribution in [0.3, 0.4) is 0 Å². The highest BCUT2D eigenvalue weighted by atomic mass is 32.2. The zero-order valence-electron chi connectivity index (χ0n) is 10.7. The van der Waals surface area contributed by atoms with Crippen LogP contribution in [0.4, 0.5) is 13.2 Å². The van der Waals surface area contributed by atoms with Crippen molar-refractivity contribution in [2.24, 2.45) is 0 Å². The van der Waals surface area contributed by atoms with Gasteiger partial charge >= 0.3 is 5.51 Å². The molecule has 1 atom stereocenters. The van der Waals surface area contributed by atoms with Crippen LogP contribution in [0.5, 0.6) is 0 Å². The van der Waals surface area contributed by atoms with Crippen molar-refractivity contribution in [2.75, 3.05) is 0 Å². The Hall–Kier alpha value is -2.32. The second-order valence-corrected chi connectivity index (χ2v) is 6.44. The van der Waals surface area contributed by atoms with E-state index in [1.54, 1.807) is 36.4 Å². The fourth-order valence-electron chi connectivity index (χ4n) is 2.26. The van der Waals surface area contributed by atoms with Crippen molar-refractivity contribution in [2.45, 2.75) is 5.51 Å². The van der Waals surface area contributed by atoms with E-state index in [1.165, 1.54) is 18.2 Å². The van der Waals surface area contributed by atoms with E-state index < -0.39 is 16.0 Å². The highest BCUT2D eigenvalue weighted by molar-refractivity contribution is 7.41. The van der Waals surface area contributed by atoms with Gasteiger partial charge in [-0.2, -0.15) is 5.26 Å². The van der Waals surface area contributed by atoms with Gasteiger partial charge in [0.2, 0.25) is 0 Å². The van der Waals surface area contributed by atoms with Gasteiger partial charge in [0.05, 0.1) is 11.6 Å². The fourth-order valence-corrected chi connectivity index (χ4v) is 4.19. The van der Waals surface area contributed by atoms with E-state index >= 15 is 0 Å². The second-order valence-electron chi connectivity index (χ2n) is 4.49. The van der Waals surface area contributed by atoms with Gasteiger partial charge in [-0.25, -0.2) is 0 Å². The molecule has 21 heavy (non-hydrogen) atoms. The quantitative estimate of drug-likeness (QED) is 0.536. The molecule has 3 aromatic rings. The predicted octanol–water partition coefficient (Wildman–Crippen LogP) is 5.60. The zero-order chi connectivity index (χ0) is 15.0. The summed E-state index contributed by atoms with van der Waals surface area (Å²) < 4.78 is 40.6. The van der Waals surface area contributed by atoms with Gasteiger partial charge in [-0.3, -0.25) is 0 Å². The summed E-state index contributed by atoms with van der Waals surface area (Å²) in [4.78, 5) is 0.258. The first-order valence-electron chi connectivity index (χ1n) is 6.13. The van der Waals surface area contributed by atoms with Gasteiger partial charge in [0.15, 0.2) is 9.58 Å². The summed E-state index contributed by atoms with van der Waals surface area (Å²) in [7, 11) is -1.94. The molecule has 0 spiro atoms. The minimum absolute atomic E-state index is 0.258. The Morgan fingerprint density at radius 1 is 0.952 bits per heavy atom. The Morgan fingerprint density at radius 3 is 2.24 bits per heavy atom. The van der Waals surface area contributed by atoms with Crippen LogP contribution in [0, 0.1) is 11.3 Å². The third-order valence-electron chi connectivity index (χ3n) is 3.18. The Balaban J connectivity index is 2.28. The van der Waals surface area contributed by atoms with Crippen molar-refractivity contribution in [3.8, 4) is 16.5 Å². The van der Waals surface area contributed by atoms with Crippen molar-refractivity contribution in [1.82, 2.24) is 0 Å². The summed E-state index contributed by atoms with van der Waals surface area (Å²) in [5.41, 5.74) is -3.38. The molecule has 0 aliphatic heterocycles. The average Bonchev–Trinajstić information content (AvgIpc) is 2.86. The molecule has 0 fully saturated rings. The van der Waals surface area contributed by atoms with Gasteiger partial charge in [0.1, 0.15) is 10.5 Å². The predicted molar refractivity (Wildman–Crippen MR) is 77.9 cm³/mol. The van der Waals surface area contributed by atoms with E-state index in [9.17, 15) is 13.2 Å². The van der Waals surface area contributed by atoms with Crippen molar-refractivity contribution in [3.63, 3.8) is 0 Å². The molecule has 1 aromatic heterocycles. The van der Waals surface area contributed by atoms with Crippen molar-refractivity contribution in [1.29, 1.82) is 5.26 Å². The number of halogens is 3. The molecule has 0 amide bonds. The van der Waals surface area contributed by atoms with Crippen molar-refractivity contribution >= 4 is 20.6 Å². The first-order valence-corrected chi connectivity index (χ1v) is 7.35. The maximum Gasteiger partial charge on any atom is 0.601 e. The first-order chi connectivity index (χ1) is 10.0. The molecule has 2 aromatic carbocycles. The Bertz CT molecular complexity index is 839. The average molecular weight is 304 g/mol. The van der Waals surface area contributed by atoms with Crippen LogP contribution in [0.2, 0.25) is 0 Å². The topological polar surface area (TPSA) is 23.8 Å². The van der Waals surface area contributed by atoms with E-state index in [0.717, 1.165) is 0 Å². The van der Waals surface area contributed by atoms with Crippen molar-refractivity contribution < 1.29 is 13.2 Å². The summed E-state index contributed by atoms with van der Waals surface area (Å²) in [5, 5.41) is 9.38. The van der Waals surface area contributed by atoms with Crippen LogP contribution in [0.1, 0.15) is 5.56 Å². The van der Waals surface area contributed by atoms with E-state index in [1.807, 2.05) is 6.07 Å². The molecule has 0 saturated heterocycles. The third-order valence-corrected chi connectivity index (χ3v) is 5.24. The molecule has 104 valence electrons. The maximum absolute atomic E-state index is 13.4. The zero-order valence-corrected chi connectivity index (χ0v) is 11.5. The third kappa shape index (κ3) is 2.39. The normalized spacial score (nSPS) is 12.4.